The van der Waals surface area contributed by atoms with Crippen molar-refractivity contribution >= 4 is 23.4 Å². The van der Waals surface area contributed by atoms with Crippen molar-refractivity contribution in [3.63, 3.8) is 0 Å². The van der Waals surface area contributed by atoms with Crippen molar-refractivity contribution in [2.45, 2.75) is 6.04 Å². The number of non-ortho nitro benzene ring substituents is 1. The molecule has 1 N–H and O–H groups in total. The zero-order valence-corrected chi connectivity index (χ0v) is 14.8. The number of hydrogen-bond acceptors (Lipinski definition) is 10. The van der Waals surface area contributed by atoms with E-state index in [1.54, 1.807) is 0 Å². The second-order valence-electron chi connectivity index (χ2n) is 5.91. The molecule has 1 aliphatic heterocycles. The minimum atomic E-state index is -0.950. The summed E-state index contributed by atoms with van der Waals surface area (Å²) in [6, 6.07) is 7.53. The van der Waals surface area contributed by atoms with Crippen LogP contribution in [0.15, 0.2) is 58.3 Å². The zero-order valence-electron chi connectivity index (χ0n) is 14.8. The molecule has 0 fully saturated rings. The first-order valence-electron chi connectivity index (χ1n) is 8.21. The number of nitro groups is 1. The van der Waals surface area contributed by atoms with E-state index in [9.17, 15) is 19.7 Å². The van der Waals surface area contributed by atoms with Crippen molar-refractivity contribution in [2.24, 2.45) is 0 Å². The predicted octanol–water partition coefficient (Wildman–Crippen LogP) is 1.50. The smallest absolute Gasteiger partial charge is 0.355 e. The second-order valence-corrected chi connectivity index (χ2v) is 5.91. The number of carbonyl (C=O) groups excluding carboxylic acids is 2. The molecule has 29 heavy (non-hydrogen) atoms. The maximum atomic E-state index is 13.2. The largest absolute Gasteiger partial charge is 0.464 e. The van der Waals surface area contributed by atoms with E-state index in [1.165, 1.54) is 54.5 Å². The monoisotopic (exact) mass is 396 g/mol. The van der Waals surface area contributed by atoms with Crippen LogP contribution in [0.25, 0.3) is 0 Å². The number of carbonyl (C=O) groups is 2. The van der Waals surface area contributed by atoms with E-state index in [2.05, 4.69) is 20.8 Å². The maximum Gasteiger partial charge on any atom is 0.355 e. The predicted molar refractivity (Wildman–Crippen MR) is 94.8 cm³/mol. The van der Waals surface area contributed by atoms with Crippen LogP contribution in [0.2, 0.25) is 0 Å². The number of Topliss-reactive ketones (excluding diaryl/α,β-unsaturated/α-hetero) is 1. The standard InChI is InChI=1S/C17H12N6O6/c1-28-16(25)13-12(15(24)11-3-2-8-29-11)14(22-17(18-13)19-20-21-22)9-4-6-10(7-5-9)23(26)27/h2-8,14H,1H3,(H,18,19,21)/t14-/m0/s1. The van der Waals surface area contributed by atoms with Crippen molar-refractivity contribution in [1.82, 2.24) is 20.2 Å². The Balaban J connectivity index is 1.93. The number of furan rings is 1. The highest BCUT2D eigenvalue weighted by Gasteiger charge is 2.39. The number of fused-ring (bicyclic) bond motifs is 1. The van der Waals surface area contributed by atoms with E-state index >= 15 is 0 Å². The number of tetrazole rings is 1. The number of rotatable bonds is 5. The molecule has 0 spiro atoms. The Hall–Kier alpha value is -4.35. The Kier molecular flexibility index (Phi) is 4.35. The van der Waals surface area contributed by atoms with Crippen molar-refractivity contribution in [1.29, 1.82) is 0 Å². The molecule has 12 nitrogen and oxygen atoms in total. The Morgan fingerprint density at radius 1 is 1.28 bits per heavy atom. The highest BCUT2D eigenvalue weighted by Crippen LogP contribution is 2.37. The molecule has 3 aromatic rings. The molecule has 1 atom stereocenters. The average Bonchev–Trinajstić information content (AvgIpc) is 3.43. The van der Waals surface area contributed by atoms with Gasteiger partial charge < -0.3 is 14.5 Å². The number of aromatic nitrogens is 4. The Morgan fingerprint density at radius 2 is 2.03 bits per heavy atom. The second kappa shape index (κ2) is 6.99. The summed E-state index contributed by atoms with van der Waals surface area (Å²) < 4.78 is 11.3. The number of benzene rings is 1. The van der Waals surface area contributed by atoms with Crippen molar-refractivity contribution < 1.29 is 23.7 Å². The van der Waals surface area contributed by atoms with Gasteiger partial charge in [0.1, 0.15) is 11.7 Å². The summed E-state index contributed by atoms with van der Waals surface area (Å²) in [5.74, 6) is -1.30. The van der Waals surface area contributed by atoms with Gasteiger partial charge in [-0.25, -0.2) is 4.79 Å². The molecular weight excluding hydrogens is 384 g/mol. The van der Waals surface area contributed by atoms with E-state index in [4.69, 9.17) is 9.15 Å². The van der Waals surface area contributed by atoms with Gasteiger partial charge in [0.15, 0.2) is 5.76 Å². The van der Waals surface area contributed by atoms with Crippen LogP contribution in [0.3, 0.4) is 0 Å². The van der Waals surface area contributed by atoms with Gasteiger partial charge in [-0.2, -0.15) is 4.68 Å². The molecule has 0 saturated heterocycles. The van der Waals surface area contributed by atoms with E-state index < -0.39 is 22.7 Å². The van der Waals surface area contributed by atoms with Crippen molar-refractivity contribution in [3.8, 4) is 0 Å². The number of nitrogens with one attached hydrogen (secondary N) is 1. The summed E-state index contributed by atoms with van der Waals surface area (Å²) in [5.41, 5.74) is 0.137. The minimum absolute atomic E-state index is 0.00774. The zero-order chi connectivity index (χ0) is 20.5. The summed E-state index contributed by atoms with van der Waals surface area (Å²) in [4.78, 5) is 36.0. The van der Waals surface area contributed by atoms with Gasteiger partial charge in [-0.05, 0) is 40.3 Å². The van der Waals surface area contributed by atoms with Gasteiger partial charge in [0.2, 0.25) is 11.7 Å². The number of nitrogens with zero attached hydrogens (tertiary/aromatic N) is 5. The molecule has 0 amide bonds. The summed E-state index contributed by atoms with van der Waals surface area (Å²) in [5, 5.41) is 25.0. The molecule has 4 rings (SSSR count). The van der Waals surface area contributed by atoms with E-state index in [0.717, 1.165) is 0 Å². The van der Waals surface area contributed by atoms with Gasteiger partial charge in [0, 0.05) is 12.1 Å². The normalized spacial score (nSPS) is 15.4. The molecule has 0 bridgehead atoms. The molecule has 0 radical (unpaired) electrons. The summed E-state index contributed by atoms with van der Waals surface area (Å²) >= 11 is 0. The van der Waals surface area contributed by atoms with Crippen LogP contribution in [-0.2, 0) is 9.53 Å². The molecule has 1 aromatic carbocycles. The molecule has 3 heterocycles. The quantitative estimate of drug-likeness (QED) is 0.290. The van der Waals surface area contributed by atoms with Crippen LogP contribution in [0.4, 0.5) is 11.6 Å². The Labute approximate surface area is 161 Å². The lowest BCUT2D eigenvalue weighted by molar-refractivity contribution is -0.384. The first-order chi connectivity index (χ1) is 14.0. The van der Waals surface area contributed by atoms with E-state index in [0.29, 0.717) is 5.56 Å². The van der Waals surface area contributed by atoms with Crippen LogP contribution in [0.5, 0.6) is 0 Å². The van der Waals surface area contributed by atoms with Crippen molar-refractivity contribution in [2.75, 3.05) is 12.4 Å². The fraction of sp³-hybridized carbons (Fsp3) is 0.118. The van der Waals surface area contributed by atoms with E-state index in [-0.39, 0.29) is 28.7 Å². The topological polar surface area (TPSA) is 155 Å². The number of nitro benzene ring substituents is 1. The highest BCUT2D eigenvalue weighted by atomic mass is 16.6. The number of ketones is 1. The lowest BCUT2D eigenvalue weighted by atomic mass is 9.91. The third-order valence-corrected chi connectivity index (χ3v) is 4.32. The average molecular weight is 396 g/mol. The molecule has 146 valence electrons. The van der Waals surface area contributed by atoms with Crippen LogP contribution >= 0.6 is 0 Å². The lowest BCUT2D eigenvalue weighted by Gasteiger charge is -2.27. The molecule has 2 aromatic heterocycles. The summed E-state index contributed by atoms with van der Waals surface area (Å²) in [6.07, 6.45) is 1.32. The first-order valence-corrected chi connectivity index (χ1v) is 8.21. The highest BCUT2D eigenvalue weighted by molar-refractivity contribution is 6.13. The Bertz CT molecular complexity index is 1130. The fourth-order valence-corrected chi connectivity index (χ4v) is 3.02. The van der Waals surface area contributed by atoms with Gasteiger partial charge in [0.05, 0.1) is 23.9 Å². The van der Waals surface area contributed by atoms with E-state index in [1.807, 2.05) is 0 Å². The number of anilines is 1. The fourth-order valence-electron chi connectivity index (χ4n) is 3.02. The van der Waals surface area contributed by atoms with Gasteiger partial charge in [0.25, 0.3) is 5.69 Å². The molecule has 0 unspecified atom stereocenters. The molecule has 1 aliphatic rings. The lowest BCUT2D eigenvalue weighted by Crippen LogP contribution is -2.32. The van der Waals surface area contributed by atoms with Crippen LogP contribution in [0, 0.1) is 10.1 Å². The number of methoxy groups -OCH3 is 1. The van der Waals surface area contributed by atoms with Gasteiger partial charge in [-0.3, -0.25) is 14.9 Å². The number of esters is 1. The molecule has 0 saturated carbocycles. The maximum absolute atomic E-state index is 13.2. The minimum Gasteiger partial charge on any atom is -0.464 e. The molecule has 12 heteroatoms. The van der Waals surface area contributed by atoms with Crippen LogP contribution in [-0.4, -0.2) is 44.0 Å². The SMILES string of the molecule is COC(=O)C1=C(C(=O)c2ccco2)[C@H](c2ccc([N+](=O)[O-])cc2)n2nnnc2N1. The Morgan fingerprint density at radius 3 is 2.66 bits per heavy atom. The third kappa shape index (κ3) is 3.01. The van der Waals surface area contributed by atoms with Crippen LogP contribution < -0.4 is 5.32 Å². The third-order valence-electron chi connectivity index (χ3n) is 4.32. The van der Waals surface area contributed by atoms with Crippen molar-refractivity contribution in [3.05, 3.63) is 75.4 Å². The first kappa shape index (κ1) is 18.0. The van der Waals surface area contributed by atoms with Crippen LogP contribution in [0.1, 0.15) is 22.2 Å². The summed E-state index contributed by atoms with van der Waals surface area (Å²) in [6.45, 7) is 0. The number of ether oxygens (including phenoxy) is 1. The molecule has 0 aliphatic carbocycles. The number of hydrogen-bond donors (Lipinski definition) is 1. The summed E-state index contributed by atoms with van der Waals surface area (Å²) in [7, 11) is 1.17. The number of allylic oxidation sites excluding steroid dienone is 1. The van der Waals surface area contributed by atoms with Gasteiger partial charge >= 0.3 is 5.97 Å². The van der Waals surface area contributed by atoms with Gasteiger partial charge in [-0.1, -0.05) is 5.10 Å². The van der Waals surface area contributed by atoms with Gasteiger partial charge in [-0.15, -0.1) is 0 Å². The molecular formula is C17H12N6O6.